The number of hydrogen-bond donors (Lipinski definition) is 0. The van der Waals surface area contributed by atoms with Crippen LogP contribution in [-0.4, -0.2) is 24.4 Å². The van der Waals surface area contributed by atoms with E-state index in [1.165, 1.54) is 32.1 Å². The number of unbranched alkanes of at least 4 members (excludes halogenated alkanes) is 3. The van der Waals surface area contributed by atoms with Crippen molar-refractivity contribution in [2.24, 2.45) is 0 Å². The first-order valence-corrected chi connectivity index (χ1v) is 6.20. The number of halogens is 1. The Morgan fingerprint density at radius 2 is 1.69 bits per heavy atom. The third-order valence-electron chi connectivity index (χ3n) is 2.09. The summed E-state index contributed by atoms with van der Waals surface area (Å²) in [5.74, 6) is 0. The summed E-state index contributed by atoms with van der Waals surface area (Å²) >= 11 is 2.41. The molecule has 0 saturated carbocycles. The lowest BCUT2D eigenvalue weighted by Gasteiger charge is -2.19. The van der Waals surface area contributed by atoms with Crippen molar-refractivity contribution in [3.63, 3.8) is 0 Å². The zero-order valence-corrected chi connectivity index (χ0v) is 11.0. The highest BCUT2D eigenvalue weighted by atomic mass is 127. The molecule has 0 amide bonds. The maximum atomic E-state index is 5.19. The van der Waals surface area contributed by atoms with Gasteiger partial charge in [-0.15, -0.1) is 0 Å². The molecule has 0 bridgehead atoms. The fourth-order valence-corrected chi connectivity index (χ4v) is 2.32. The molecule has 0 aliphatic rings. The Balaban J connectivity index is 3.42. The predicted molar refractivity (Wildman–Crippen MR) is 64.4 cm³/mol. The molecule has 13 heavy (non-hydrogen) atoms. The Hall–Kier alpha value is 0.650. The minimum Gasteiger partial charge on any atom is -0.355 e. The van der Waals surface area contributed by atoms with E-state index in [0.29, 0.717) is 3.92 Å². The van der Waals surface area contributed by atoms with Crippen LogP contribution in [-0.2, 0) is 9.47 Å². The van der Waals surface area contributed by atoms with E-state index >= 15 is 0 Å². The molecule has 0 heterocycles. The highest BCUT2D eigenvalue weighted by molar-refractivity contribution is 14.1. The number of methoxy groups -OCH3 is 2. The summed E-state index contributed by atoms with van der Waals surface area (Å²) in [6, 6.07) is 0. The molecular weight excluding hydrogens is 279 g/mol. The van der Waals surface area contributed by atoms with Gasteiger partial charge in [0.05, 0.1) is 3.92 Å². The molecule has 0 radical (unpaired) electrons. The molecule has 0 aliphatic carbocycles. The van der Waals surface area contributed by atoms with Gasteiger partial charge in [-0.3, -0.25) is 0 Å². The second kappa shape index (κ2) is 9.21. The standard InChI is InChI=1S/C10H21IO2/c1-4-5-6-7-8-9(11)10(12-2)13-3/h9-10H,4-8H2,1-3H3. The topological polar surface area (TPSA) is 18.5 Å². The van der Waals surface area contributed by atoms with Crippen LogP contribution in [0.2, 0.25) is 0 Å². The van der Waals surface area contributed by atoms with E-state index in [-0.39, 0.29) is 6.29 Å². The SMILES string of the molecule is CCCCCCC(I)C(OC)OC. The van der Waals surface area contributed by atoms with Gasteiger partial charge in [-0.05, 0) is 6.42 Å². The Morgan fingerprint density at radius 3 is 2.15 bits per heavy atom. The highest BCUT2D eigenvalue weighted by Crippen LogP contribution is 2.18. The van der Waals surface area contributed by atoms with E-state index in [2.05, 4.69) is 29.5 Å². The molecule has 1 atom stereocenters. The minimum absolute atomic E-state index is 0.0396. The van der Waals surface area contributed by atoms with E-state index in [0.717, 1.165) is 0 Å². The molecule has 0 aromatic heterocycles. The number of alkyl halides is 1. The first-order chi connectivity index (χ1) is 6.26. The van der Waals surface area contributed by atoms with Gasteiger partial charge in [0.1, 0.15) is 0 Å². The predicted octanol–water partition coefficient (Wildman–Crippen LogP) is 3.38. The van der Waals surface area contributed by atoms with E-state index in [1.54, 1.807) is 14.2 Å². The van der Waals surface area contributed by atoms with Crippen molar-refractivity contribution in [3.8, 4) is 0 Å². The van der Waals surface area contributed by atoms with Crippen molar-refractivity contribution in [1.29, 1.82) is 0 Å². The third-order valence-corrected chi connectivity index (χ3v) is 3.30. The lowest BCUT2D eigenvalue weighted by Crippen LogP contribution is -2.24. The van der Waals surface area contributed by atoms with Crippen LogP contribution in [0.4, 0.5) is 0 Å². The van der Waals surface area contributed by atoms with Crippen LogP contribution in [0.1, 0.15) is 39.0 Å². The second-order valence-electron chi connectivity index (χ2n) is 3.21. The van der Waals surface area contributed by atoms with E-state index in [9.17, 15) is 0 Å². The molecule has 0 aliphatic heterocycles. The molecule has 0 aromatic carbocycles. The highest BCUT2D eigenvalue weighted by Gasteiger charge is 2.16. The van der Waals surface area contributed by atoms with Crippen LogP contribution in [0, 0.1) is 0 Å². The molecule has 0 fully saturated rings. The third kappa shape index (κ3) is 6.69. The van der Waals surface area contributed by atoms with Gasteiger partial charge in [0.2, 0.25) is 0 Å². The molecule has 0 N–H and O–H groups in total. The van der Waals surface area contributed by atoms with Crippen LogP contribution >= 0.6 is 22.6 Å². The summed E-state index contributed by atoms with van der Waals surface area (Å²) in [4.78, 5) is 0. The van der Waals surface area contributed by atoms with Gasteiger partial charge in [0.15, 0.2) is 6.29 Å². The zero-order valence-electron chi connectivity index (χ0n) is 8.88. The van der Waals surface area contributed by atoms with Gasteiger partial charge >= 0.3 is 0 Å². The normalized spacial score (nSPS) is 13.6. The van der Waals surface area contributed by atoms with Gasteiger partial charge in [-0.2, -0.15) is 0 Å². The van der Waals surface area contributed by atoms with E-state index in [1.807, 2.05) is 0 Å². The van der Waals surface area contributed by atoms with Crippen LogP contribution < -0.4 is 0 Å². The number of ether oxygens (including phenoxy) is 2. The summed E-state index contributed by atoms with van der Waals surface area (Å²) in [5.41, 5.74) is 0. The van der Waals surface area contributed by atoms with E-state index in [4.69, 9.17) is 9.47 Å². The van der Waals surface area contributed by atoms with Crippen molar-refractivity contribution in [2.75, 3.05) is 14.2 Å². The Kier molecular flexibility index (Phi) is 9.68. The fourth-order valence-electron chi connectivity index (χ4n) is 1.29. The van der Waals surface area contributed by atoms with Crippen LogP contribution in [0.5, 0.6) is 0 Å². The summed E-state index contributed by atoms with van der Waals surface area (Å²) < 4.78 is 10.9. The second-order valence-corrected chi connectivity index (χ2v) is 4.81. The van der Waals surface area contributed by atoms with E-state index < -0.39 is 0 Å². The first-order valence-electron chi connectivity index (χ1n) is 4.95. The summed E-state index contributed by atoms with van der Waals surface area (Å²) in [5, 5.41) is 0. The lowest BCUT2D eigenvalue weighted by atomic mass is 10.1. The quantitative estimate of drug-likeness (QED) is 0.296. The smallest absolute Gasteiger partial charge is 0.168 e. The number of rotatable bonds is 8. The average molecular weight is 300 g/mol. The maximum absolute atomic E-state index is 5.19. The Labute approximate surface area is 95.5 Å². The van der Waals surface area contributed by atoms with Crippen molar-refractivity contribution in [3.05, 3.63) is 0 Å². The van der Waals surface area contributed by atoms with Gasteiger partial charge in [0, 0.05) is 14.2 Å². The van der Waals surface area contributed by atoms with Crippen LogP contribution in [0.25, 0.3) is 0 Å². The molecule has 0 saturated heterocycles. The first kappa shape index (κ1) is 13.7. The minimum atomic E-state index is -0.0396. The van der Waals surface area contributed by atoms with Gasteiger partial charge < -0.3 is 9.47 Å². The van der Waals surface area contributed by atoms with Gasteiger partial charge in [-0.25, -0.2) is 0 Å². The van der Waals surface area contributed by atoms with Crippen molar-refractivity contribution in [1.82, 2.24) is 0 Å². The fraction of sp³-hybridized carbons (Fsp3) is 1.00. The zero-order chi connectivity index (χ0) is 10.1. The van der Waals surface area contributed by atoms with Crippen molar-refractivity contribution in [2.45, 2.75) is 49.2 Å². The summed E-state index contributed by atoms with van der Waals surface area (Å²) in [7, 11) is 3.40. The van der Waals surface area contributed by atoms with Crippen molar-refractivity contribution >= 4 is 22.6 Å². The lowest BCUT2D eigenvalue weighted by molar-refractivity contribution is -0.0995. The summed E-state index contributed by atoms with van der Waals surface area (Å²) in [6.45, 7) is 2.23. The Morgan fingerprint density at radius 1 is 1.08 bits per heavy atom. The van der Waals surface area contributed by atoms with Crippen LogP contribution in [0.15, 0.2) is 0 Å². The molecular formula is C10H21IO2. The maximum Gasteiger partial charge on any atom is 0.168 e. The monoisotopic (exact) mass is 300 g/mol. The number of hydrogen-bond acceptors (Lipinski definition) is 2. The molecule has 0 aromatic rings. The molecule has 1 unspecified atom stereocenters. The van der Waals surface area contributed by atoms with Crippen molar-refractivity contribution < 1.29 is 9.47 Å². The molecule has 0 spiro atoms. The summed E-state index contributed by atoms with van der Waals surface area (Å²) in [6.07, 6.45) is 6.40. The molecule has 0 rings (SSSR count). The molecule has 80 valence electrons. The largest absolute Gasteiger partial charge is 0.355 e. The Bertz CT molecular complexity index is 105. The van der Waals surface area contributed by atoms with Crippen LogP contribution in [0.3, 0.4) is 0 Å². The molecule has 3 heteroatoms. The van der Waals surface area contributed by atoms with Gasteiger partial charge in [0.25, 0.3) is 0 Å². The average Bonchev–Trinajstić information content (AvgIpc) is 2.14. The molecule has 2 nitrogen and oxygen atoms in total. The van der Waals surface area contributed by atoms with Gasteiger partial charge in [-0.1, -0.05) is 55.2 Å².